The first kappa shape index (κ1) is 26.7. The standard InChI is InChI=1S/C26H39N5O4/c1-26(2,3)22-19-23(31(29-22)20-9-11-21(34-4)12-10-20)28-25(33)8-5-7-24(32)27-13-6-14-30-15-17-35-18-16-30/h9-12,19H,5-8,13-18H2,1-4H3,(H,27,32)(H,28,33). The first-order valence-corrected chi connectivity index (χ1v) is 12.4. The van der Waals surface area contributed by atoms with Gasteiger partial charge >= 0.3 is 0 Å². The van der Waals surface area contributed by atoms with E-state index in [0.717, 1.165) is 56.4 Å². The summed E-state index contributed by atoms with van der Waals surface area (Å²) in [6.07, 6.45) is 2.00. The smallest absolute Gasteiger partial charge is 0.225 e. The van der Waals surface area contributed by atoms with Gasteiger partial charge in [-0.1, -0.05) is 20.8 Å². The highest BCUT2D eigenvalue weighted by Crippen LogP contribution is 2.27. The number of amides is 2. The van der Waals surface area contributed by atoms with Gasteiger partial charge in [-0.3, -0.25) is 14.5 Å². The van der Waals surface area contributed by atoms with Gasteiger partial charge in [0, 0.05) is 44.0 Å². The third kappa shape index (κ3) is 8.36. The summed E-state index contributed by atoms with van der Waals surface area (Å²) in [5.74, 6) is 1.21. The number of hydrogen-bond acceptors (Lipinski definition) is 6. The summed E-state index contributed by atoms with van der Waals surface area (Å²) in [6.45, 7) is 11.3. The van der Waals surface area contributed by atoms with Gasteiger partial charge in [0.05, 0.1) is 31.7 Å². The van der Waals surface area contributed by atoms with Gasteiger partial charge < -0.3 is 20.1 Å². The molecule has 0 bridgehead atoms. The molecule has 1 saturated heterocycles. The molecule has 0 aliphatic carbocycles. The van der Waals surface area contributed by atoms with Crippen LogP contribution in [0, 0.1) is 0 Å². The Morgan fingerprint density at radius 1 is 1.06 bits per heavy atom. The van der Waals surface area contributed by atoms with E-state index in [1.807, 2.05) is 30.3 Å². The number of morpholine rings is 1. The van der Waals surface area contributed by atoms with Crippen LogP contribution in [-0.2, 0) is 19.7 Å². The quantitative estimate of drug-likeness (QED) is 0.475. The van der Waals surface area contributed by atoms with Crippen molar-refractivity contribution in [1.82, 2.24) is 20.0 Å². The summed E-state index contributed by atoms with van der Waals surface area (Å²) in [7, 11) is 1.62. The second kappa shape index (κ2) is 12.7. The molecule has 0 saturated carbocycles. The van der Waals surface area contributed by atoms with Crippen LogP contribution >= 0.6 is 0 Å². The van der Waals surface area contributed by atoms with Gasteiger partial charge in [-0.05, 0) is 43.7 Å². The molecule has 2 heterocycles. The van der Waals surface area contributed by atoms with Gasteiger partial charge in [0.1, 0.15) is 11.6 Å². The fourth-order valence-corrected chi connectivity index (χ4v) is 3.82. The van der Waals surface area contributed by atoms with Crippen molar-refractivity contribution in [3.05, 3.63) is 36.0 Å². The van der Waals surface area contributed by atoms with Crippen LogP contribution in [0.15, 0.2) is 30.3 Å². The monoisotopic (exact) mass is 485 g/mol. The van der Waals surface area contributed by atoms with E-state index in [1.54, 1.807) is 11.8 Å². The van der Waals surface area contributed by atoms with E-state index < -0.39 is 0 Å². The molecule has 0 radical (unpaired) electrons. The first-order valence-electron chi connectivity index (χ1n) is 12.4. The summed E-state index contributed by atoms with van der Waals surface area (Å²) in [4.78, 5) is 27.1. The molecule has 9 heteroatoms. The summed E-state index contributed by atoms with van der Waals surface area (Å²) < 4.78 is 12.3. The molecule has 0 atom stereocenters. The SMILES string of the molecule is COc1ccc(-n2nc(C(C)(C)C)cc2NC(=O)CCCC(=O)NCCCN2CCOCC2)cc1. The average Bonchev–Trinajstić information content (AvgIpc) is 3.27. The van der Waals surface area contributed by atoms with Crippen LogP contribution in [0.5, 0.6) is 5.75 Å². The number of rotatable bonds is 11. The maximum absolute atomic E-state index is 12.7. The molecule has 1 aliphatic heterocycles. The van der Waals surface area contributed by atoms with E-state index in [9.17, 15) is 9.59 Å². The van der Waals surface area contributed by atoms with Crippen LogP contribution in [0.2, 0.25) is 0 Å². The highest BCUT2D eigenvalue weighted by atomic mass is 16.5. The molecule has 2 N–H and O–H groups in total. The molecule has 2 amide bonds. The zero-order valence-electron chi connectivity index (χ0n) is 21.4. The molecule has 1 aromatic carbocycles. The third-order valence-electron chi connectivity index (χ3n) is 5.95. The van der Waals surface area contributed by atoms with Crippen LogP contribution in [-0.4, -0.2) is 73.0 Å². The number of nitrogens with one attached hydrogen (secondary N) is 2. The molecule has 3 rings (SSSR count). The topological polar surface area (TPSA) is 97.7 Å². The third-order valence-corrected chi connectivity index (χ3v) is 5.95. The number of anilines is 1. The molecular weight excluding hydrogens is 446 g/mol. The van der Waals surface area contributed by atoms with E-state index in [0.29, 0.717) is 25.2 Å². The van der Waals surface area contributed by atoms with Crippen molar-refractivity contribution in [3.8, 4) is 11.4 Å². The normalized spacial score (nSPS) is 14.5. The Hall–Kier alpha value is -2.91. The lowest BCUT2D eigenvalue weighted by Crippen LogP contribution is -2.38. The van der Waals surface area contributed by atoms with Gasteiger partial charge in [0.15, 0.2) is 0 Å². The van der Waals surface area contributed by atoms with Crippen molar-refractivity contribution in [2.24, 2.45) is 0 Å². The Labute approximate surface area is 208 Å². The van der Waals surface area contributed by atoms with E-state index in [4.69, 9.17) is 14.6 Å². The molecular formula is C26H39N5O4. The van der Waals surface area contributed by atoms with E-state index >= 15 is 0 Å². The van der Waals surface area contributed by atoms with Gasteiger partial charge in [-0.2, -0.15) is 5.10 Å². The molecule has 1 aliphatic rings. The number of carbonyl (C=O) groups is 2. The Morgan fingerprint density at radius 3 is 2.40 bits per heavy atom. The van der Waals surface area contributed by atoms with Crippen LogP contribution in [0.4, 0.5) is 5.82 Å². The Bertz CT molecular complexity index is 959. The highest BCUT2D eigenvalue weighted by Gasteiger charge is 2.21. The van der Waals surface area contributed by atoms with E-state index in [2.05, 4.69) is 36.3 Å². The number of benzene rings is 1. The molecule has 0 spiro atoms. The molecule has 2 aromatic rings. The van der Waals surface area contributed by atoms with Crippen molar-refractivity contribution in [2.75, 3.05) is 51.8 Å². The van der Waals surface area contributed by atoms with Crippen molar-refractivity contribution in [3.63, 3.8) is 0 Å². The second-order valence-corrected chi connectivity index (χ2v) is 9.83. The lowest BCUT2D eigenvalue weighted by molar-refractivity contribution is -0.121. The average molecular weight is 486 g/mol. The molecule has 35 heavy (non-hydrogen) atoms. The van der Waals surface area contributed by atoms with E-state index in [-0.39, 0.29) is 23.7 Å². The lowest BCUT2D eigenvalue weighted by atomic mass is 9.92. The number of nitrogens with zero attached hydrogens (tertiary/aromatic N) is 3. The number of methoxy groups -OCH3 is 1. The van der Waals surface area contributed by atoms with E-state index in [1.165, 1.54) is 0 Å². The fourth-order valence-electron chi connectivity index (χ4n) is 3.82. The minimum atomic E-state index is -0.170. The predicted molar refractivity (Wildman–Crippen MR) is 136 cm³/mol. The van der Waals surface area contributed by atoms with Gasteiger partial charge in [-0.25, -0.2) is 4.68 Å². The predicted octanol–water partition coefficient (Wildman–Crippen LogP) is 3.13. The molecule has 1 fully saturated rings. The van der Waals surface area contributed by atoms with Gasteiger partial charge in [-0.15, -0.1) is 0 Å². The van der Waals surface area contributed by atoms with Crippen LogP contribution < -0.4 is 15.4 Å². The summed E-state index contributed by atoms with van der Waals surface area (Å²) in [5.41, 5.74) is 1.53. The van der Waals surface area contributed by atoms with Gasteiger partial charge in [0.2, 0.25) is 11.8 Å². The lowest BCUT2D eigenvalue weighted by Gasteiger charge is -2.26. The Morgan fingerprint density at radius 2 is 1.74 bits per heavy atom. The minimum absolute atomic E-state index is 0.0157. The zero-order valence-corrected chi connectivity index (χ0v) is 21.4. The number of carbonyl (C=O) groups excluding carboxylic acids is 2. The summed E-state index contributed by atoms with van der Waals surface area (Å²) in [5, 5.41) is 10.7. The van der Waals surface area contributed by atoms with Crippen LogP contribution in [0.1, 0.15) is 52.1 Å². The first-order chi connectivity index (χ1) is 16.8. The minimum Gasteiger partial charge on any atom is -0.497 e. The van der Waals surface area contributed by atoms with Crippen molar-refractivity contribution >= 4 is 17.6 Å². The molecule has 9 nitrogen and oxygen atoms in total. The van der Waals surface area contributed by atoms with Crippen molar-refractivity contribution in [1.29, 1.82) is 0 Å². The zero-order chi connectivity index (χ0) is 25.3. The largest absolute Gasteiger partial charge is 0.497 e. The highest BCUT2D eigenvalue weighted by molar-refractivity contribution is 5.90. The summed E-state index contributed by atoms with van der Waals surface area (Å²) >= 11 is 0. The molecule has 1 aromatic heterocycles. The van der Waals surface area contributed by atoms with Crippen molar-refractivity contribution < 1.29 is 19.1 Å². The summed E-state index contributed by atoms with van der Waals surface area (Å²) in [6, 6.07) is 9.43. The molecule has 0 unspecified atom stereocenters. The van der Waals surface area contributed by atoms with Crippen molar-refractivity contribution in [2.45, 2.75) is 51.9 Å². The number of hydrogen-bond donors (Lipinski definition) is 2. The molecule has 192 valence electrons. The fraction of sp³-hybridized carbons (Fsp3) is 0.577. The maximum Gasteiger partial charge on any atom is 0.225 e. The Kier molecular flexibility index (Phi) is 9.68. The number of aromatic nitrogens is 2. The van der Waals surface area contributed by atoms with Crippen LogP contribution in [0.3, 0.4) is 0 Å². The van der Waals surface area contributed by atoms with Crippen LogP contribution in [0.25, 0.3) is 5.69 Å². The number of ether oxygens (including phenoxy) is 2. The maximum atomic E-state index is 12.7. The Balaban J connectivity index is 1.47. The van der Waals surface area contributed by atoms with Gasteiger partial charge in [0.25, 0.3) is 0 Å². The second-order valence-electron chi connectivity index (χ2n) is 9.83.